The van der Waals surface area contributed by atoms with E-state index >= 15 is 0 Å². The summed E-state index contributed by atoms with van der Waals surface area (Å²) in [6.07, 6.45) is 2.34. The molecule has 0 unspecified atom stereocenters. The minimum atomic E-state index is -1.34. The smallest absolute Gasteiger partial charge is 0.342 e. The van der Waals surface area contributed by atoms with Crippen LogP contribution in [0.2, 0.25) is 0 Å². The number of hydrogen-bond donors (Lipinski definition) is 1. The first kappa shape index (κ1) is 19.4. The van der Waals surface area contributed by atoms with Crippen LogP contribution in [-0.2, 0) is 0 Å². The highest BCUT2D eigenvalue weighted by Gasteiger charge is 2.18. The number of methoxy groups -OCH3 is 1. The molecule has 0 fully saturated rings. The van der Waals surface area contributed by atoms with E-state index in [2.05, 4.69) is 9.97 Å². The second-order valence-corrected chi connectivity index (χ2v) is 7.07. The number of hydrogen-bond acceptors (Lipinski definition) is 6. The van der Waals surface area contributed by atoms with Crippen molar-refractivity contribution in [2.45, 2.75) is 0 Å². The van der Waals surface area contributed by atoms with Crippen LogP contribution in [0.25, 0.3) is 39.1 Å². The highest BCUT2D eigenvalue weighted by atomic mass is 16.5. The van der Waals surface area contributed by atoms with E-state index in [-0.39, 0.29) is 5.65 Å². The van der Waals surface area contributed by atoms with Crippen molar-refractivity contribution in [1.82, 2.24) is 19.4 Å². The lowest BCUT2D eigenvalue weighted by atomic mass is 10.00. The minimum Gasteiger partial charge on any atom is -0.497 e. The zero-order valence-electron chi connectivity index (χ0n) is 16.9. The molecular formula is C24H16N4O4. The first-order chi connectivity index (χ1) is 15.6. The van der Waals surface area contributed by atoms with Gasteiger partial charge in [-0.2, -0.15) is 0 Å². The summed E-state index contributed by atoms with van der Waals surface area (Å²) in [5.41, 5.74) is 2.80. The maximum atomic E-state index is 12.7. The summed E-state index contributed by atoms with van der Waals surface area (Å²) in [7, 11) is 1.61. The molecule has 0 spiro atoms. The molecule has 0 aliphatic heterocycles. The number of carboxylic acids is 1. The normalized spacial score (nSPS) is 11.0. The number of aromatic nitrogens is 4. The topological polar surface area (TPSA) is 107 Å². The van der Waals surface area contributed by atoms with Gasteiger partial charge in [0.15, 0.2) is 11.3 Å². The molecule has 156 valence electrons. The molecule has 8 heteroatoms. The van der Waals surface area contributed by atoms with Crippen molar-refractivity contribution in [2.24, 2.45) is 0 Å². The molecule has 0 aliphatic carbocycles. The zero-order chi connectivity index (χ0) is 22.2. The van der Waals surface area contributed by atoms with Gasteiger partial charge in [0, 0.05) is 11.8 Å². The van der Waals surface area contributed by atoms with Crippen LogP contribution >= 0.6 is 0 Å². The maximum absolute atomic E-state index is 12.7. The van der Waals surface area contributed by atoms with E-state index in [0.717, 1.165) is 33.0 Å². The fourth-order valence-corrected chi connectivity index (χ4v) is 3.62. The first-order valence-corrected chi connectivity index (χ1v) is 9.71. The van der Waals surface area contributed by atoms with Crippen molar-refractivity contribution in [3.63, 3.8) is 0 Å². The molecule has 5 rings (SSSR count). The van der Waals surface area contributed by atoms with Crippen LogP contribution in [0.4, 0.5) is 0 Å². The van der Waals surface area contributed by atoms with E-state index in [1.165, 1.54) is 6.33 Å². The molecule has 0 aliphatic rings. The van der Waals surface area contributed by atoms with Crippen LogP contribution in [0.15, 0.2) is 78.0 Å². The molecule has 32 heavy (non-hydrogen) atoms. The summed E-state index contributed by atoms with van der Waals surface area (Å²) in [6.45, 7) is 0. The summed E-state index contributed by atoms with van der Waals surface area (Å²) in [5, 5.41) is 9.84. The Balaban J connectivity index is 1.86. The van der Waals surface area contributed by atoms with Gasteiger partial charge < -0.3 is 9.84 Å². The van der Waals surface area contributed by atoms with Crippen LogP contribution in [-0.4, -0.2) is 37.5 Å². The van der Waals surface area contributed by atoms with E-state index in [1.807, 2.05) is 60.7 Å². The van der Waals surface area contributed by atoms with Gasteiger partial charge in [0.2, 0.25) is 0 Å². The average molecular weight is 424 g/mol. The van der Waals surface area contributed by atoms with Crippen LogP contribution in [0.1, 0.15) is 10.4 Å². The second kappa shape index (κ2) is 7.59. The predicted molar refractivity (Wildman–Crippen MR) is 119 cm³/mol. The van der Waals surface area contributed by atoms with Gasteiger partial charge >= 0.3 is 5.97 Å². The number of rotatable bonds is 4. The molecule has 5 aromatic rings. The quantitative estimate of drug-likeness (QED) is 0.439. The van der Waals surface area contributed by atoms with Crippen LogP contribution in [0.3, 0.4) is 0 Å². The summed E-state index contributed by atoms with van der Waals surface area (Å²) in [6, 6.07) is 19.1. The summed E-state index contributed by atoms with van der Waals surface area (Å²) < 4.78 is 6.38. The predicted octanol–water partition coefficient (Wildman–Crippen LogP) is 3.68. The fourth-order valence-electron chi connectivity index (χ4n) is 3.62. The Labute approximate surface area is 181 Å². The number of pyridine rings is 1. The molecule has 0 saturated carbocycles. The van der Waals surface area contributed by atoms with Crippen LogP contribution in [0.5, 0.6) is 5.75 Å². The van der Waals surface area contributed by atoms with Gasteiger partial charge in [0.05, 0.1) is 18.2 Å². The molecule has 8 nitrogen and oxygen atoms in total. The van der Waals surface area contributed by atoms with Crippen molar-refractivity contribution in [2.75, 3.05) is 7.11 Å². The van der Waals surface area contributed by atoms with Crippen molar-refractivity contribution in [3.8, 4) is 28.1 Å². The Morgan fingerprint density at radius 1 is 1.00 bits per heavy atom. The largest absolute Gasteiger partial charge is 0.497 e. The zero-order valence-corrected chi connectivity index (χ0v) is 16.9. The number of benzene rings is 2. The SMILES string of the molecule is COc1ccc(-c2cc(-c3ccccc3)c3c(ncn4c(=O)c(C(=O)O)cnc34)n2)cc1. The highest BCUT2D eigenvalue weighted by Crippen LogP contribution is 2.33. The number of carboxylic acid groups (broad SMARTS) is 1. The highest BCUT2D eigenvalue weighted by molar-refractivity contribution is 6.03. The van der Waals surface area contributed by atoms with E-state index in [1.54, 1.807) is 7.11 Å². The number of ether oxygens (including phenoxy) is 1. The summed E-state index contributed by atoms with van der Waals surface area (Å²) >= 11 is 0. The van der Waals surface area contributed by atoms with Crippen molar-refractivity contribution >= 4 is 22.6 Å². The molecule has 1 N–H and O–H groups in total. The van der Waals surface area contributed by atoms with Gasteiger partial charge in [0.1, 0.15) is 17.6 Å². The van der Waals surface area contributed by atoms with Gasteiger partial charge in [0.25, 0.3) is 5.56 Å². The van der Waals surface area contributed by atoms with Gasteiger partial charge in [-0.3, -0.25) is 4.79 Å². The van der Waals surface area contributed by atoms with Gasteiger partial charge in [-0.05, 0) is 41.5 Å². The Kier molecular flexibility index (Phi) is 4.59. The molecule has 2 aromatic carbocycles. The standard InChI is InChI=1S/C24H16N4O4/c1-32-16-9-7-15(8-10-16)19-11-17(14-5-3-2-4-6-14)20-21(27-19)26-13-28-22(20)25-12-18(23(28)29)24(30)31/h2-13H,1H3,(H,30,31). The monoisotopic (exact) mass is 424 g/mol. The van der Waals surface area contributed by atoms with E-state index < -0.39 is 17.1 Å². The van der Waals surface area contributed by atoms with Crippen molar-refractivity contribution in [1.29, 1.82) is 0 Å². The van der Waals surface area contributed by atoms with Crippen molar-refractivity contribution < 1.29 is 14.6 Å². The lowest BCUT2D eigenvalue weighted by molar-refractivity contribution is 0.0694. The van der Waals surface area contributed by atoms with E-state index in [0.29, 0.717) is 16.7 Å². The third-order valence-electron chi connectivity index (χ3n) is 5.21. The molecule has 0 amide bonds. The molecule has 0 saturated heterocycles. The average Bonchev–Trinajstić information content (AvgIpc) is 2.83. The first-order valence-electron chi connectivity index (χ1n) is 9.71. The third kappa shape index (κ3) is 3.14. The van der Waals surface area contributed by atoms with E-state index in [9.17, 15) is 14.7 Å². The third-order valence-corrected chi connectivity index (χ3v) is 5.21. The maximum Gasteiger partial charge on any atom is 0.342 e. The molecule has 0 bridgehead atoms. The lowest BCUT2D eigenvalue weighted by Crippen LogP contribution is -2.23. The Morgan fingerprint density at radius 3 is 2.44 bits per heavy atom. The molecule has 3 aromatic heterocycles. The van der Waals surface area contributed by atoms with Gasteiger partial charge in [-0.1, -0.05) is 30.3 Å². The number of aromatic carboxylic acids is 1. The number of nitrogens with zero attached hydrogens (tertiary/aromatic N) is 4. The summed E-state index contributed by atoms with van der Waals surface area (Å²) in [4.78, 5) is 37.4. The lowest BCUT2D eigenvalue weighted by Gasteiger charge is -2.12. The minimum absolute atomic E-state index is 0.289. The van der Waals surface area contributed by atoms with Crippen molar-refractivity contribution in [3.05, 3.63) is 89.1 Å². The number of fused-ring (bicyclic) bond motifs is 3. The molecule has 0 atom stereocenters. The Morgan fingerprint density at radius 2 is 1.75 bits per heavy atom. The second-order valence-electron chi connectivity index (χ2n) is 7.07. The molecule has 0 radical (unpaired) electrons. The summed E-state index contributed by atoms with van der Waals surface area (Å²) in [5.74, 6) is -0.604. The van der Waals surface area contributed by atoms with Crippen LogP contribution in [0, 0.1) is 0 Å². The molecule has 3 heterocycles. The number of carbonyl (C=O) groups is 1. The Bertz CT molecular complexity index is 1540. The fraction of sp³-hybridized carbons (Fsp3) is 0.0417. The van der Waals surface area contributed by atoms with E-state index in [4.69, 9.17) is 9.72 Å². The van der Waals surface area contributed by atoms with Gasteiger partial charge in [-0.15, -0.1) is 0 Å². The van der Waals surface area contributed by atoms with Gasteiger partial charge in [-0.25, -0.2) is 24.1 Å². The molecular weight excluding hydrogens is 408 g/mol. The van der Waals surface area contributed by atoms with Crippen LogP contribution < -0.4 is 10.3 Å². The Hall–Kier alpha value is -4.59.